The summed E-state index contributed by atoms with van der Waals surface area (Å²) in [6.45, 7) is 2.22. The highest BCUT2D eigenvalue weighted by Gasteiger charge is 2.13. The van der Waals surface area contributed by atoms with Crippen LogP contribution in [0, 0.1) is 0 Å². The molecule has 0 fully saturated rings. The van der Waals surface area contributed by atoms with Crippen molar-refractivity contribution in [1.82, 2.24) is 9.55 Å². The van der Waals surface area contributed by atoms with Gasteiger partial charge in [0.15, 0.2) is 0 Å². The monoisotopic (exact) mass is 396 g/mol. The Morgan fingerprint density at radius 2 is 1.96 bits per heavy atom. The van der Waals surface area contributed by atoms with E-state index in [9.17, 15) is 9.90 Å². The molecule has 28 heavy (non-hydrogen) atoms. The minimum absolute atomic E-state index is 0.362. The van der Waals surface area contributed by atoms with E-state index >= 15 is 0 Å². The van der Waals surface area contributed by atoms with Gasteiger partial charge in [-0.1, -0.05) is 48.5 Å². The second kappa shape index (κ2) is 8.87. The molecular weight excluding hydrogens is 376 g/mol. The maximum atomic E-state index is 12.0. The van der Waals surface area contributed by atoms with Gasteiger partial charge >= 0.3 is 5.97 Å². The van der Waals surface area contributed by atoms with Crippen LogP contribution in [0.5, 0.6) is 0 Å². The van der Waals surface area contributed by atoms with E-state index in [1.54, 1.807) is 31.3 Å². The summed E-state index contributed by atoms with van der Waals surface area (Å²) in [5.74, 6) is -0.362. The van der Waals surface area contributed by atoms with Crippen LogP contribution in [-0.4, -0.2) is 33.8 Å². The van der Waals surface area contributed by atoms with Crippen molar-refractivity contribution in [1.29, 1.82) is 0 Å². The van der Waals surface area contributed by atoms with Crippen LogP contribution in [0.3, 0.4) is 0 Å². The predicted molar refractivity (Wildman–Crippen MR) is 110 cm³/mol. The van der Waals surface area contributed by atoms with Crippen LogP contribution in [0.2, 0.25) is 5.28 Å². The Morgan fingerprint density at radius 3 is 2.64 bits per heavy atom. The minimum Gasteiger partial charge on any atom is -0.465 e. The average Bonchev–Trinajstić information content (AvgIpc) is 3.06. The number of carbonyl (C=O) groups excluding carboxylic acids is 1. The Morgan fingerprint density at radius 1 is 1.25 bits per heavy atom. The van der Waals surface area contributed by atoms with Crippen molar-refractivity contribution in [3.8, 4) is 11.1 Å². The molecule has 0 spiro atoms. The summed E-state index contributed by atoms with van der Waals surface area (Å²) < 4.78 is 6.73. The van der Waals surface area contributed by atoms with Crippen molar-refractivity contribution < 1.29 is 14.6 Å². The fourth-order valence-corrected chi connectivity index (χ4v) is 3.09. The van der Waals surface area contributed by atoms with Crippen molar-refractivity contribution >= 4 is 23.6 Å². The van der Waals surface area contributed by atoms with Crippen molar-refractivity contribution in [3.63, 3.8) is 0 Å². The third-order valence-corrected chi connectivity index (χ3v) is 4.62. The number of rotatable bonds is 6. The summed E-state index contributed by atoms with van der Waals surface area (Å²) in [7, 11) is 1.38. The first kappa shape index (κ1) is 19.9. The highest BCUT2D eigenvalue weighted by atomic mass is 35.5. The Kier molecular flexibility index (Phi) is 6.29. The van der Waals surface area contributed by atoms with E-state index < -0.39 is 6.10 Å². The van der Waals surface area contributed by atoms with Gasteiger partial charge in [-0.15, -0.1) is 0 Å². The van der Waals surface area contributed by atoms with E-state index in [2.05, 4.69) is 4.98 Å². The van der Waals surface area contributed by atoms with Gasteiger partial charge in [-0.3, -0.25) is 0 Å². The number of hydrogen-bond donors (Lipinski definition) is 1. The lowest BCUT2D eigenvalue weighted by atomic mass is 9.98. The number of hydrogen-bond acceptors (Lipinski definition) is 4. The average molecular weight is 397 g/mol. The molecule has 0 bridgehead atoms. The summed E-state index contributed by atoms with van der Waals surface area (Å²) >= 11 is 6.21. The van der Waals surface area contributed by atoms with Gasteiger partial charge in [0.2, 0.25) is 5.28 Å². The topological polar surface area (TPSA) is 64.3 Å². The molecule has 1 atom stereocenters. The molecule has 1 N–H and O–H groups in total. The highest BCUT2D eigenvalue weighted by Crippen LogP contribution is 2.25. The molecule has 1 unspecified atom stereocenters. The van der Waals surface area contributed by atoms with Gasteiger partial charge in [-0.25, -0.2) is 9.78 Å². The molecule has 5 nitrogen and oxygen atoms in total. The fourth-order valence-electron chi connectivity index (χ4n) is 2.89. The number of aliphatic hydroxyl groups excluding tert-OH is 1. The molecule has 0 saturated carbocycles. The van der Waals surface area contributed by atoms with Crippen molar-refractivity contribution in [2.24, 2.45) is 0 Å². The number of benzene rings is 2. The lowest BCUT2D eigenvalue weighted by molar-refractivity contribution is 0.0601. The smallest absolute Gasteiger partial charge is 0.338 e. The minimum atomic E-state index is -0.545. The van der Waals surface area contributed by atoms with Crippen LogP contribution in [-0.2, 0) is 11.3 Å². The quantitative estimate of drug-likeness (QED) is 0.626. The van der Waals surface area contributed by atoms with E-state index in [0.717, 1.165) is 22.4 Å². The zero-order valence-corrected chi connectivity index (χ0v) is 16.4. The summed E-state index contributed by atoms with van der Waals surface area (Å²) in [5, 5.41) is 9.82. The molecular formula is C22H21ClN2O3. The van der Waals surface area contributed by atoms with Gasteiger partial charge in [0.1, 0.15) is 0 Å². The van der Waals surface area contributed by atoms with Gasteiger partial charge in [-0.2, -0.15) is 0 Å². The van der Waals surface area contributed by atoms with Crippen LogP contribution >= 0.6 is 11.6 Å². The van der Waals surface area contributed by atoms with Crippen molar-refractivity contribution in [2.75, 3.05) is 7.11 Å². The Labute approximate surface area is 168 Å². The number of halogens is 1. The van der Waals surface area contributed by atoms with Crippen molar-refractivity contribution in [3.05, 3.63) is 82.9 Å². The van der Waals surface area contributed by atoms with E-state index in [-0.39, 0.29) is 5.97 Å². The number of carbonyl (C=O) groups is 1. The second-order valence-electron chi connectivity index (χ2n) is 6.37. The normalized spacial score (nSPS) is 12.3. The maximum Gasteiger partial charge on any atom is 0.338 e. The number of aliphatic hydroxyl groups is 1. The van der Waals surface area contributed by atoms with Gasteiger partial charge in [0.25, 0.3) is 0 Å². The number of imidazole rings is 1. The number of esters is 1. The van der Waals surface area contributed by atoms with E-state index in [0.29, 0.717) is 17.4 Å². The van der Waals surface area contributed by atoms with Crippen LogP contribution in [0.25, 0.3) is 17.2 Å². The molecule has 0 amide bonds. The van der Waals surface area contributed by atoms with Crippen LogP contribution in [0.15, 0.2) is 60.8 Å². The van der Waals surface area contributed by atoms with E-state index in [1.165, 1.54) is 7.11 Å². The molecule has 1 heterocycles. The third kappa shape index (κ3) is 4.50. The maximum absolute atomic E-state index is 12.0. The summed E-state index contributed by atoms with van der Waals surface area (Å²) in [6, 6.07) is 15.3. The van der Waals surface area contributed by atoms with Gasteiger partial charge in [0, 0.05) is 0 Å². The molecule has 0 aliphatic carbocycles. The first-order chi connectivity index (χ1) is 13.5. The molecule has 1 aromatic heterocycles. The summed E-state index contributed by atoms with van der Waals surface area (Å²) in [6.07, 6.45) is 4.60. The highest BCUT2D eigenvalue weighted by molar-refractivity contribution is 6.28. The Hall–Kier alpha value is -2.89. The zero-order chi connectivity index (χ0) is 20.1. The molecule has 0 radical (unpaired) electrons. The van der Waals surface area contributed by atoms with Crippen LogP contribution < -0.4 is 0 Å². The molecule has 3 aromatic rings. The largest absolute Gasteiger partial charge is 0.465 e. The van der Waals surface area contributed by atoms with Crippen LogP contribution in [0.1, 0.15) is 28.5 Å². The second-order valence-corrected chi connectivity index (χ2v) is 6.71. The van der Waals surface area contributed by atoms with Crippen LogP contribution in [0.4, 0.5) is 0 Å². The van der Waals surface area contributed by atoms with Gasteiger partial charge < -0.3 is 14.4 Å². The van der Waals surface area contributed by atoms with Gasteiger partial charge in [-0.05, 0) is 47.4 Å². The number of methoxy groups -OCH3 is 1. The Bertz CT molecular complexity index is 991. The molecule has 3 rings (SSSR count). The zero-order valence-electron chi connectivity index (χ0n) is 15.7. The molecule has 6 heteroatoms. The number of nitrogens with zero attached hydrogens (tertiary/aromatic N) is 2. The number of ether oxygens (including phenoxy) is 1. The first-order valence-electron chi connectivity index (χ1n) is 8.83. The lowest BCUT2D eigenvalue weighted by Crippen LogP contribution is -2.04. The molecule has 0 aliphatic heterocycles. The standard InChI is InChI=1S/C22H21ClN2O3/c1-15(26)7-12-18-13-24-22(23)25(18)14-16-8-10-17(11-9-16)19-5-3-4-6-20(19)21(27)28-2/h3-13,15,26H,14H2,1-2H3. The lowest BCUT2D eigenvalue weighted by Gasteiger charge is -2.10. The molecule has 0 saturated heterocycles. The SMILES string of the molecule is COC(=O)c1ccccc1-c1ccc(Cn2c(C=CC(C)O)cnc2Cl)cc1. The predicted octanol–water partition coefficient (Wildman–Crippen LogP) is 4.43. The molecule has 144 valence electrons. The van der Waals surface area contributed by atoms with E-state index in [4.69, 9.17) is 16.3 Å². The Balaban J connectivity index is 1.86. The summed E-state index contributed by atoms with van der Waals surface area (Å²) in [5.41, 5.74) is 4.12. The van der Waals surface area contributed by atoms with Crippen molar-refractivity contribution in [2.45, 2.75) is 19.6 Å². The molecule has 2 aromatic carbocycles. The van der Waals surface area contributed by atoms with E-state index in [1.807, 2.05) is 47.0 Å². The molecule has 0 aliphatic rings. The number of aromatic nitrogens is 2. The third-order valence-electron chi connectivity index (χ3n) is 4.32. The van der Waals surface area contributed by atoms with Gasteiger partial charge in [0.05, 0.1) is 37.2 Å². The summed E-state index contributed by atoms with van der Waals surface area (Å²) in [4.78, 5) is 16.1. The fraction of sp³-hybridized carbons (Fsp3) is 0.182. The first-order valence-corrected chi connectivity index (χ1v) is 9.21.